The van der Waals surface area contributed by atoms with Gasteiger partial charge in [-0.2, -0.15) is 25.6 Å². The number of carbonyl (C=O) groups is 1. The molecule has 0 spiro atoms. The fourth-order valence-electron chi connectivity index (χ4n) is 6.43. The minimum atomic E-state index is -4.17. The topological polar surface area (TPSA) is 119 Å². The molecule has 8 nitrogen and oxygen atoms in total. The zero-order valence-corrected chi connectivity index (χ0v) is 24.1. The van der Waals surface area contributed by atoms with E-state index in [0.29, 0.717) is 5.57 Å². The van der Waals surface area contributed by atoms with Gasteiger partial charge in [-0.1, -0.05) is 73.7 Å². The van der Waals surface area contributed by atoms with Crippen molar-refractivity contribution in [3.63, 3.8) is 0 Å². The van der Waals surface area contributed by atoms with E-state index >= 15 is 0 Å². The van der Waals surface area contributed by atoms with Gasteiger partial charge in [-0.05, 0) is 54.8 Å². The smallest absolute Gasteiger partial charge is 0.282 e. The first kappa shape index (κ1) is 27.4. The van der Waals surface area contributed by atoms with Crippen LogP contribution >= 0.6 is 0 Å². The molecule has 0 unspecified atom stereocenters. The summed E-state index contributed by atoms with van der Waals surface area (Å²) in [5, 5.41) is 0. The number of fused-ring (bicyclic) bond motifs is 5. The lowest BCUT2D eigenvalue weighted by Crippen LogP contribution is -2.50. The van der Waals surface area contributed by atoms with Crippen molar-refractivity contribution in [2.24, 2.45) is 20.1 Å². The van der Waals surface area contributed by atoms with Crippen LogP contribution in [0.2, 0.25) is 0 Å². The molecule has 1 aliphatic carbocycles. The van der Waals surface area contributed by atoms with Crippen molar-refractivity contribution >= 4 is 37.3 Å². The Bertz CT molecular complexity index is 1840. The van der Waals surface area contributed by atoms with E-state index in [4.69, 9.17) is 4.74 Å². The predicted molar refractivity (Wildman–Crippen MR) is 155 cm³/mol. The van der Waals surface area contributed by atoms with E-state index in [1.165, 1.54) is 30.3 Å². The van der Waals surface area contributed by atoms with E-state index in [-0.39, 0.29) is 39.8 Å². The Morgan fingerprint density at radius 1 is 0.780 bits per heavy atom. The molecule has 0 N–H and O–H groups in total. The van der Waals surface area contributed by atoms with Crippen LogP contribution in [0.15, 0.2) is 121 Å². The van der Waals surface area contributed by atoms with Gasteiger partial charge in [-0.15, -0.1) is 0 Å². The molecule has 10 heteroatoms. The number of Topliss-reactive ketones (excluding diaryl/α,β-unsaturated/α-hetero) is 1. The Morgan fingerprint density at radius 2 is 1.29 bits per heavy atom. The number of allylic oxidation sites excluding steroid dienone is 2. The molecule has 3 aromatic rings. The molecule has 2 bridgehead atoms. The zero-order valence-electron chi connectivity index (χ0n) is 22.5. The van der Waals surface area contributed by atoms with E-state index < -0.39 is 43.1 Å². The Hall–Kier alpha value is -3.73. The maximum atomic E-state index is 13.6. The van der Waals surface area contributed by atoms with Gasteiger partial charge in [0, 0.05) is 12.3 Å². The molecule has 0 amide bonds. The summed E-state index contributed by atoms with van der Waals surface area (Å²) in [6.45, 7) is 3.43. The van der Waals surface area contributed by atoms with Crippen molar-refractivity contribution in [3.8, 4) is 0 Å². The van der Waals surface area contributed by atoms with Gasteiger partial charge < -0.3 is 4.74 Å². The molecule has 0 saturated carbocycles. The highest BCUT2D eigenvalue weighted by molar-refractivity contribution is 7.90. The summed E-state index contributed by atoms with van der Waals surface area (Å²) in [6, 6.07) is 25.1. The fourth-order valence-corrected chi connectivity index (χ4v) is 8.66. The van der Waals surface area contributed by atoms with Crippen LogP contribution < -0.4 is 0 Å². The van der Waals surface area contributed by atoms with Gasteiger partial charge in [0.2, 0.25) is 0 Å². The molecule has 4 atom stereocenters. The Labute approximate surface area is 239 Å². The number of sulfonamides is 2. The van der Waals surface area contributed by atoms with Crippen LogP contribution in [0.3, 0.4) is 0 Å². The van der Waals surface area contributed by atoms with Crippen LogP contribution in [0.4, 0.5) is 0 Å². The summed E-state index contributed by atoms with van der Waals surface area (Å²) in [4.78, 5) is 13.5. The van der Waals surface area contributed by atoms with Gasteiger partial charge in [0.25, 0.3) is 20.0 Å². The molecule has 3 aromatic carbocycles. The quantitative estimate of drug-likeness (QED) is 0.419. The monoisotopic (exact) mass is 588 g/mol. The lowest BCUT2D eigenvalue weighted by atomic mass is 9.59. The maximum Gasteiger partial charge on any atom is 0.282 e. The molecule has 6 rings (SSSR count). The molecule has 3 aliphatic rings. The van der Waals surface area contributed by atoms with Crippen molar-refractivity contribution < 1.29 is 26.4 Å². The van der Waals surface area contributed by atoms with Crippen molar-refractivity contribution in [1.82, 2.24) is 0 Å². The van der Waals surface area contributed by atoms with Crippen LogP contribution in [-0.2, 0) is 35.2 Å². The summed E-state index contributed by atoms with van der Waals surface area (Å²) in [6.07, 6.45) is 0.942. The molecule has 0 aromatic heterocycles. The van der Waals surface area contributed by atoms with Gasteiger partial charge >= 0.3 is 0 Å². The summed E-state index contributed by atoms with van der Waals surface area (Å²) < 4.78 is 69.5. The first-order valence-corrected chi connectivity index (χ1v) is 16.1. The molecule has 2 saturated heterocycles. The Morgan fingerprint density at radius 3 is 1.85 bits per heavy atom. The van der Waals surface area contributed by atoms with E-state index in [2.05, 4.69) is 8.80 Å². The zero-order chi connectivity index (χ0) is 29.0. The SMILES string of the molecule is CC1=CC(=N\S(=O)(=O)c2ccccc2)/[C@@]2(C)[C@@H](/C1=N/S(=O)(=O)c1ccccc1)[C@@]1(c3ccccc3)CCC(=O)[C@@H]2O1. The predicted octanol–water partition coefficient (Wildman–Crippen LogP) is 4.89. The van der Waals surface area contributed by atoms with E-state index in [0.717, 1.165) is 5.56 Å². The molecule has 2 aliphatic heterocycles. The van der Waals surface area contributed by atoms with Crippen LogP contribution in [0.25, 0.3) is 0 Å². The third kappa shape index (κ3) is 4.32. The van der Waals surface area contributed by atoms with Gasteiger partial charge in [-0.3, -0.25) is 4.79 Å². The average molecular weight is 589 g/mol. The second-order valence-corrected chi connectivity index (χ2v) is 14.0. The molecular formula is C31H28N2O6S2. The molecule has 41 heavy (non-hydrogen) atoms. The average Bonchev–Trinajstić information content (AvgIpc) is 3.21. The van der Waals surface area contributed by atoms with Gasteiger partial charge in [0.1, 0.15) is 11.7 Å². The molecule has 2 heterocycles. The molecule has 210 valence electrons. The minimum Gasteiger partial charge on any atom is -0.358 e. The highest BCUT2D eigenvalue weighted by Gasteiger charge is 2.70. The van der Waals surface area contributed by atoms with Crippen LogP contribution in [0.1, 0.15) is 32.3 Å². The van der Waals surface area contributed by atoms with Crippen molar-refractivity contribution in [2.45, 2.75) is 48.2 Å². The number of ether oxygens (including phenoxy) is 1. The third-order valence-electron chi connectivity index (χ3n) is 8.34. The number of nitrogens with zero attached hydrogens (tertiary/aromatic N) is 2. The van der Waals surface area contributed by atoms with Crippen LogP contribution in [0, 0.1) is 11.3 Å². The standard InChI is InChI=1S/C31H28N2O6S2/c1-21-20-26(32-40(35,36)23-14-8-4-9-15-23)30(2)28(27(21)33-41(37,38)24-16-10-5-11-17-24)31(22-12-6-3-7-13-22)19-18-25(34)29(30)39-31/h3-17,20,28-29H,18-19H2,1-2H3/b32-26+,33-27+/t28-,29+,30+,31+/m1/s1. The Kier molecular flexibility index (Phi) is 6.48. The summed E-state index contributed by atoms with van der Waals surface area (Å²) in [7, 11) is -8.32. The second kappa shape index (κ2) is 9.68. The first-order chi connectivity index (χ1) is 19.5. The largest absolute Gasteiger partial charge is 0.358 e. The van der Waals surface area contributed by atoms with Crippen LogP contribution in [-0.4, -0.2) is 40.1 Å². The lowest BCUT2D eigenvalue weighted by molar-refractivity contribution is -0.150. The number of carbonyl (C=O) groups excluding carboxylic acids is 1. The van der Waals surface area contributed by atoms with Gasteiger partial charge in [-0.25, -0.2) is 0 Å². The molecular weight excluding hydrogens is 560 g/mol. The molecule has 2 fully saturated rings. The highest BCUT2D eigenvalue weighted by Crippen LogP contribution is 2.62. The number of hydrogen-bond donors (Lipinski definition) is 0. The molecule has 0 radical (unpaired) electrons. The number of hydrogen-bond acceptors (Lipinski definition) is 6. The number of ketones is 1. The lowest BCUT2D eigenvalue weighted by Gasteiger charge is -2.42. The highest BCUT2D eigenvalue weighted by atomic mass is 32.2. The van der Waals surface area contributed by atoms with Crippen LogP contribution in [0.5, 0.6) is 0 Å². The summed E-state index contributed by atoms with van der Waals surface area (Å²) in [5.41, 5.74) is -0.891. The first-order valence-electron chi connectivity index (χ1n) is 13.2. The van der Waals surface area contributed by atoms with Crippen molar-refractivity contribution in [1.29, 1.82) is 0 Å². The minimum absolute atomic E-state index is 0.0100. The van der Waals surface area contributed by atoms with E-state index in [1.807, 2.05) is 30.3 Å². The van der Waals surface area contributed by atoms with Gasteiger partial charge in [0.15, 0.2) is 5.78 Å². The Balaban J connectivity index is 1.65. The van der Waals surface area contributed by atoms with Crippen molar-refractivity contribution in [2.75, 3.05) is 0 Å². The normalized spacial score (nSPS) is 29.8. The van der Waals surface area contributed by atoms with Crippen molar-refractivity contribution in [3.05, 3.63) is 108 Å². The van der Waals surface area contributed by atoms with Gasteiger partial charge in [0.05, 0.1) is 26.6 Å². The third-order valence-corrected chi connectivity index (χ3v) is 10.9. The van der Waals surface area contributed by atoms with E-state index in [9.17, 15) is 21.6 Å². The second-order valence-electron chi connectivity index (χ2n) is 10.8. The maximum absolute atomic E-state index is 13.6. The summed E-state index contributed by atoms with van der Waals surface area (Å²) >= 11 is 0. The summed E-state index contributed by atoms with van der Waals surface area (Å²) in [5.74, 6) is -1.01. The number of rotatable bonds is 5. The fraction of sp³-hybridized carbons (Fsp3) is 0.258. The number of benzene rings is 3. The van der Waals surface area contributed by atoms with E-state index in [1.54, 1.807) is 50.2 Å².